The first-order chi connectivity index (χ1) is 13.2. The summed E-state index contributed by atoms with van der Waals surface area (Å²) in [7, 11) is -3.82. The van der Waals surface area contributed by atoms with E-state index in [4.69, 9.17) is 16.3 Å². The minimum Gasteiger partial charge on any atom is -0.372 e. The molecule has 28 heavy (non-hydrogen) atoms. The molecule has 0 aliphatic carbocycles. The second-order valence-corrected chi connectivity index (χ2v) is 9.76. The average Bonchev–Trinajstić information content (AvgIpc) is 3.02. The number of thiazole rings is 1. The van der Waals surface area contributed by atoms with Gasteiger partial charge in [0, 0.05) is 23.5 Å². The molecule has 1 aliphatic heterocycles. The highest BCUT2D eigenvalue weighted by molar-refractivity contribution is 7.93. The maximum absolute atomic E-state index is 12.6. The average molecular weight is 444 g/mol. The van der Waals surface area contributed by atoms with Crippen LogP contribution in [0.1, 0.15) is 25.1 Å². The normalized spacial score (nSPS) is 20.2. The zero-order valence-electron chi connectivity index (χ0n) is 15.8. The van der Waals surface area contributed by atoms with Crippen molar-refractivity contribution in [3.63, 3.8) is 0 Å². The second kappa shape index (κ2) is 8.36. The number of sulfonamides is 1. The van der Waals surface area contributed by atoms with Crippen molar-refractivity contribution in [1.82, 2.24) is 9.88 Å². The van der Waals surface area contributed by atoms with Gasteiger partial charge in [0.2, 0.25) is 5.91 Å². The van der Waals surface area contributed by atoms with Crippen molar-refractivity contribution in [1.29, 1.82) is 0 Å². The van der Waals surface area contributed by atoms with Crippen molar-refractivity contribution in [2.75, 3.05) is 17.8 Å². The third-order valence-electron chi connectivity index (χ3n) is 4.39. The van der Waals surface area contributed by atoms with Gasteiger partial charge in [-0.1, -0.05) is 17.7 Å². The third-order valence-corrected chi connectivity index (χ3v) is 7.21. The van der Waals surface area contributed by atoms with Crippen LogP contribution in [-0.4, -0.2) is 49.5 Å². The summed E-state index contributed by atoms with van der Waals surface area (Å²) in [5, 5.41) is 2.28. The Hall–Kier alpha value is -1.68. The number of benzene rings is 1. The van der Waals surface area contributed by atoms with Crippen LogP contribution >= 0.6 is 22.9 Å². The van der Waals surface area contributed by atoms with Gasteiger partial charge in [0.1, 0.15) is 0 Å². The third kappa shape index (κ3) is 4.83. The molecule has 0 spiro atoms. The van der Waals surface area contributed by atoms with Crippen molar-refractivity contribution in [3.05, 3.63) is 39.9 Å². The van der Waals surface area contributed by atoms with Crippen molar-refractivity contribution in [2.45, 2.75) is 44.3 Å². The Morgan fingerprint density at radius 3 is 2.71 bits per heavy atom. The van der Waals surface area contributed by atoms with Gasteiger partial charge >= 0.3 is 0 Å². The van der Waals surface area contributed by atoms with E-state index in [1.165, 1.54) is 6.07 Å². The number of hydrogen-bond donors (Lipinski definition) is 1. The van der Waals surface area contributed by atoms with Crippen molar-refractivity contribution >= 4 is 44.0 Å². The summed E-state index contributed by atoms with van der Waals surface area (Å²) >= 11 is 7.16. The number of anilines is 1. The molecular weight excluding hydrogens is 422 g/mol. The predicted molar refractivity (Wildman–Crippen MR) is 109 cm³/mol. The lowest BCUT2D eigenvalue weighted by atomic mass is 10.2. The predicted octanol–water partition coefficient (Wildman–Crippen LogP) is 3.08. The van der Waals surface area contributed by atoms with Gasteiger partial charge in [0.05, 0.1) is 29.2 Å². The number of halogens is 1. The summed E-state index contributed by atoms with van der Waals surface area (Å²) in [5.74, 6) is -0.0487. The molecule has 0 radical (unpaired) electrons. The van der Waals surface area contributed by atoms with E-state index in [0.717, 1.165) is 11.3 Å². The first kappa shape index (κ1) is 21.0. The van der Waals surface area contributed by atoms with Crippen LogP contribution in [0.3, 0.4) is 0 Å². The summed E-state index contributed by atoms with van der Waals surface area (Å²) in [6.07, 6.45) is 0.103. The fourth-order valence-electron chi connectivity index (χ4n) is 3.13. The monoisotopic (exact) mass is 443 g/mol. The van der Waals surface area contributed by atoms with E-state index < -0.39 is 10.0 Å². The van der Waals surface area contributed by atoms with E-state index in [-0.39, 0.29) is 34.6 Å². The van der Waals surface area contributed by atoms with Gasteiger partial charge in [-0.15, -0.1) is 11.3 Å². The highest BCUT2D eigenvalue weighted by Crippen LogP contribution is 2.26. The molecule has 1 fully saturated rings. The Bertz CT molecular complexity index is 967. The summed E-state index contributed by atoms with van der Waals surface area (Å²) in [6, 6.07) is 4.71. The zero-order chi connectivity index (χ0) is 20.5. The second-order valence-electron chi connectivity index (χ2n) is 6.85. The first-order valence-corrected chi connectivity index (χ1v) is 11.6. The zero-order valence-corrected chi connectivity index (χ0v) is 18.2. The topological polar surface area (TPSA) is 88.6 Å². The molecule has 1 aromatic heterocycles. The Morgan fingerprint density at radius 2 is 2.04 bits per heavy atom. The van der Waals surface area contributed by atoms with Crippen LogP contribution in [0.25, 0.3) is 0 Å². The smallest absolute Gasteiger partial charge is 0.263 e. The van der Waals surface area contributed by atoms with Gasteiger partial charge < -0.3 is 9.64 Å². The lowest BCUT2D eigenvalue weighted by molar-refractivity contribution is -0.142. The highest BCUT2D eigenvalue weighted by Gasteiger charge is 2.26. The van der Waals surface area contributed by atoms with Crippen molar-refractivity contribution in [2.24, 2.45) is 0 Å². The number of nitrogens with one attached hydrogen (secondary N) is 1. The fourth-order valence-corrected chi connectivity index (χ4v) is 5.59. The quantitative estimate of drug-likeness (QED) is 0.767. The van der Waals surface area contributed by atoms with Crippen LogP contribution in [0.5, 0.6) is 0 Å². The van der Waals surface area contributed by atoms with Gasteiger partial charge in [0.15, 0.2) is 5.13 Å². The molecule has 3 rings (SSSR count). The van der Waals surface area contributed by atoms with Gasteiger partial charge in [-0.05, 0) is 38.5 Å². The molecular formula is C18H22ClN3O4S2. The van der Waals surface area contributed by atoms with E-state index >= 15 is 0 Å². The number of rotatable bonds is 5. The summed E-state index contributed by atoms with van der Waals surface area (Å²) < 4.78 is 33.4. The van der Waals surface area contributed by atoms with Gasteiger partial charge in [-0.25, -0.2) is 13.4 Å². The molecule has 1 saturated heterocycles. The van der Waals surface area contributed by atoms with Gasteiger partial charge in [-0.2, -0.15) is 0 Å². The molecule has 2 aromatic rings. The SMILES string of the molecule is Cc1c(Cl)cccc1S(=O)(=O)Nc1nc(CC(=O)N2C[C@@H](C)O[C@@H](C)C2)cs1. The molecule has 1 amide bonds. The number of ether oxygens (including phenoxy) is 1. The van der Waals surface area contributed by atoms with Crippen LogP contribution in [0.2, 0.25) is 5.02 Å². The van der Waals surface area contributed by atoms with E-state index in [9.17, 15) is 13.2 Å². The lowest BCUT2D eigenvalue weighted by Crippen LogP contribution is -2.48. The van der Waals surface area contributed by atoms with Crippen molar-refractivity contribution < 1.29 is 17.9 Å². The molecule has 152 valence electrons. The van der Waals surface area contributed by atoms with E-state index in [2.05, 4.69) is 9.71 Å². The van der Waals surface area contributed by atoms with Gasteiger partial charge in [0.25, 0.3) is 10.0 Å². The van der Waals surface area contributed by atoms with Crippen LogP contribution in [0.4, 0.5) is 5.13 Å². The maximum Gasteiger partial charge on any atom is 0.263 e. The molecule has 1 N–H and O–H groups in total. The van der Waals surface area contributed by atoms with Gasteiger partial charge in [-0.3, -0.25) is 9.52 Å². The molecule has 1 aliphatic rings. The number of amides is 1. The number of carbonyl (C=O) groups is 1. The Balaban J connectivity index is 1.68. The molecule has 2 heterocycles. The molecule has 10 heteroatoms. The summed E-state index contributed by atoms with van der Waals surface area (Å²) in [4.78, 5) is 18.7. The minimum atomic E-state index is -3.82. The summed E-state index contributed by atoms with van der Waals surface area (Å²) in [5.41, 5.74) is 1.00. The number of morpholine rings is 1. The van der Waals surface area contributed by atoms with E-state index in [1.54, 1.807) is 29.3 Å². The van der Waals surface area contributed by atoms with Crippen molar-refractivity contribution in [3.8, 4) is 0 Å². The van der Waals surface area contributed by atoms with E-state index in [1.807, 2.05) is 13.8 Å². The first-order valence-electron chi connectivity index (χ1n) is 8.81. The Morgan fingerprint density at radius 1 is 1.36 bits per heavy atom. The van der Waals surface area contributed by atoms with Crippen LogP contribution in [0.15, 0.2) is 28.5 Å². The number of nitrogens with zero attached hydrogens (tertiary/aromatic N) is 2. The largest absolute Gasteiger partial charge is 0.372 e. The lowest BCUT2D eigenvalue weighted by Gasteiger charge is -2.35. The Labute approximate surface area is 173 Å². The fraction of sp³-hybridized carbons (Fsp3) is 0.444. The number of hydrogen-bond acceptors (Lipinski definition) is 6. The van der Waals surface area contributed by atoms with E-state index in [0.29, 0.717) is 29.4 Å². The molecule has 0 saturated carbocycles. The van der Waals surface area contributed by atoms with Crippen LogP contribution in [-0.2, 0) is 26.0 Å². The van der Waals surface area contributed by atoms with Crippen LogP contribution < -0.4 is 4.72 Å². The highest BCUT2D eigenvalue weighted by atomic mass is 35.5. The Kier molecular flexibility index (Phi) is 6.28. The number of aromatic nitrogens is 1. The molecule has 7 nitrogen and oxygen atoms in total. The molecule has 0 bridgehead atoms. The molecule has 1 aromatic carbocycles. The molecule has 2 atom stereocenters. The molecule has 0 unspecified atom stereocenters. The standard InChI is InChI=1S/C18H22ClN3O4S2/c1-11-8-22(9-12(2)26-11)17(23)7-14-10-27-18(20-14)21-28(24,25)16-6-4-5-15(19)13(16)3/h4-6,10-12H,7-9H2,1-3H3,(H,20,21)/t11-,12+. The maximum atomic E-state index is 12.6. The minimum absolute atomic E-state index is 0.00793. The number of carbonyl (C=O) groups excluding carboxylic acids is 1. The summed E-state index contributed by atoms with van der Waals surface area (Å²) in [6.45, 7) is 6.60. The van der Waals surface area contributed by atoms with Crippen LogP contribution in [0, 0.1) is 6.92 Å².